The van der Waals surface area contributed by atoms with Gasteiger partial charge in [-0.1, -0.05) is 18.5 Å². The van der Waals surface area contributed by atoms with Crippen molar-refractivity contribution in [3.63, 3.8) is 0 Å². The second kappa shape index (κ2) is 10.5. The van der Waals surface area contributed by atoms with Gasteiger partial charge in [0.15, 0.2) is 0 Å². The van der Waals surface area contributed by atoms with E-state index in [-0.39, 0.29) is 24.5 Å². The molecule has 1 aromatic carbocycles. The Balaban J connectivity index is 1.71. The quantitative estimate of drug-likeness (QED) is 0.617. The molecule has 0 N–H and O–H groups in total. The number of rotatable bonds is 9. The van der Waals surface area contributed by atoms with E-state index in [9.17, 15) is 9.59 Å². The second-order valence-corrected chi connectivity index (χ2v) is 7.66. The predicted octanol–water partition coefficient (Wildman–Crippen LogP) is 3.99. The first-order chi connectivity index (χ1) is 14.1. The van der Waals surface area contributed by atoms with E-state index < -0.39 is 0 Å². The SMILES string of the molecule is CCCN(CC(=O)N(Cc1ccco1)C[C@H]1CCCO1)C(=O)c1ccc(Cl)cc1. The van der Waals surface area contributed by atoms with Crippen molar-refractivity contribution in [3.05, 3.63) is 59.0 Å². The molecule has 3 rings (SSSR count). The van der Waals surface area contributed by atoms with Crippen LogP contribution in [0.1, 0.15) is 42.3 Å². The zero-order chi connectivity index (χ0) is 20.6. The number of ether oxygens (including phenoxy) is 1. The summed E-state index contributed by atoms with van der Waals surface area (Å²) >= 11 is 5.93. The van der Waals surface area contributed by atoms with Gasteiger partial charge in [-0.3, -0.25) is 9.59 Å². The normalized spacial score (nSPS) is 16.0. The van der Waals surface area contributed by atoms with Gasteiger partial charge in [-0.25, -0.2) is 0 Å². The van der Waals surface area contributed by atoms with Crippen LogP contribution in [-0.4, -0.2) is 54.0 Å². The van der Waals surface area contributed by atoms with Crippen molar-refractivity contribution in [1.29, 1.82) is 0 Å². The summed E-state index contributed by atoms with van der Waals surface area (Å²) < 4.78 is 11.1. The van der Waals surface area contributed by atoms with Crippen molar-refractivity contribution in [2.24, 2.45) is 0 Å². The molecule has 1 saturated heterocycles. The maximum absolute atomic E-state index is 13.1. The summed E-state index contributed by atoms with van der Waals surface area (Å²) in [5.41, 5.74) is 0.521. The maximum Gasteiger partial charge on any atom is 0.254 e. The molecule has 1 aliphatic heterocycles. The van der Waals surface area contributed by atoms with Gasteiger partial charge in [0, 0.05) is 30.3 Å². The standard InChI is InChI=1S/C22H27ClN2O4/c1-2-11-24(22(27)17-7-9-18(23)10-8-17)16-21(26)25(14-19-5-3-12-28-19)15-20-6-4-13-29-20/h3,5,7-10,12,20H,2,4,6,11,13-16H2,1H3/t20-/m1/s1. The average Bonchev–Trinajstić information content (AvgIpc) is 3.41. The summed E-state index contributed by atoms with van der Waals surface area (Å²) in [5.74, 6) is 0.419. The molecule has 0 bridgehead atoms. The highest BCUT2D eigenvalue weighted by molar-refractivity contribution is 6.30. The Morgan fingerprint density at radius 2 is 1.97 bits per heavy atom. The lowest BCUT2D eigenvalue weighted by Crippen LogP contribution is -2.45. The van der Waals surface area contributed by atoms with Gasteiger partial charge in [0.25, 0.3) is 5.91 Å². The molecule has 0 aliphatic carbocycles. The molecule has 2 amide bonds. The average molecular weight is 419 g/mol. The van der Waals surface area contributed by atoms with Gasteiger partial charge in [0.1, 0.15) is 12.3 Å². The number of furan rings is 1. The summed E-state index contributed by atoms with van der Waals surface area (Å²) in [7, 11) is 0. The first kappa shape index (κ1) is 21.4. The maximum atomic E-state index is 13.1. The minimum absolute atomic E-state index is 0.0166. The molecule has 1 aromatic heterocycles. The molecule has 7 heteroatoms. The lowest BCUT2D eigenvalue weighted by atomic mass is 10.2. The number of halogens is 1. The molecule has 0 saturated carbocycles. The second-order valence-electron chi connectivity index (χ2n) is 7.22. The number of carbonyl (C=O) groups excluding carboxylic acids is 2. The fraction of sp³-hybridized carbons (Fsp3) is 0.455. The Kier molecular flexibility index (Phi) is 7.72. The van der Waals surface area contributed by atoms with Gasteiger partial charge < -0.3 is 19.0 Å². The lowest BCUT2D eigenvalue weighted by molar-refractivity contribution is -0.134. The molecule has 6 nitrogen and oxygen atoms in total. The number of carbonyl (C=O) groups is 2. The summed E-state index contributed by atoms with van der Waals surface area (Å²) in [5, 5.41) is 0.570. The molecule has 0 spiro atoms. The Hall–Kier alpha value is -2.31. The molecular weight excluding hydrogens is 392 g/mol. The van der Waals surface area contributed by atoms with Crippen molar-refractivity contribution in [1.82, 2.24) is 9.80 Å². The van der Waals surface area contributed by atoms with Crippen LogP contribution in [0.4, 0.5) is 0 Å². The zero-order valence-corrected chi connectivity index (χ0v) is 17.4. The minimum atomic E-state index is -0.174. The molecule has 0 unspecified atom stereocenters. The summed E-state index contributed by atoms with van der Waals surface area (Å²) in [6.45, 7) is 4.09. The fourth-order valence-corrected chi connectivity index (χ4v) is 3.57. The van der Waals surface area contributed by atoms with Gasteiger partial charge in [-0.05, 0) is 55.7 Å². The van der Waals surface area contributed by atoms with Crippen LogP contribution in [-0.2, 0) is 16.1 Å². The summed E-state index contributed by atoms with van der Waals surface area (Å²) in [6, 6.07) is 10.4. The van der Waals surface area contributed by atoms with Crippen molar-refractivity contribution in [2.45, 2.75) is 38.8 Å². The Bertz CT molecular complexity index is 786. The van der Waals surface area contributed by atoms with Gasteiger partial charge in [-0.2, -0.15) is 0 Å². The highest BCUT2D eigenvalue weighted by Gasteiger charge is 2.26. The van der Waals surface area contributed by atoms with E-state index in [2.05, 4.69) is 0 Å². The van der Waals surface area contributed by atoms with E-state index >= 15 is 0 Å². The monoisotopic (exact) mass is 418 g/mol. The summed E-state index contributed by atoms with van der Waals surface area (Å²) in [4.78, 5) is 29.4. The van der Waals surface area contributed by atoms with Crippen LogP contribution >= 0.6 is 11.6 Å². The minimum Gasteiger partial charge on any atom is -0.467 e. The molecule has 1 atom stereocenters. The van der Waals surface area contributed by atoms with E-state index in [1.807, 2.05) is 13.0 Å². The zero-order valence-electron chi connectivity index (χ0n) is 16.7. The van der Waals surface area contributed by atoms with Crippen LogP contribution in [0.25, 0.3) is 0 Å². The molecule has 2 heterocycles. The Labute approximate surface area is 176 Å². The third-order valence-corrected chi connectivity index (χ3v) is 5.18. The smallest absolute Gasteiger partial charge is 0.254 e. The number of amides is 2. The van der Waals surface area contributed by atoms with Gasteiger partial charge >= 0.3 is 0 Å². The van der Waals surface area contributed by atoms with Crippen LogP contribution in [0.2, 0.25) is 5.02 Å². The van der Waals surface area contributed by atoms with Crippen LogP contribution < -0.4 is 0 Å². The fourth-order valence-electron chi connectivity index (χ4n) is 3.44. The molecule has 1 fully saturated rings. The van der Waals surface area contributed by atoms with Gasteiger partial charge in [0.2, 0.25) is 5.91 Å². The third kappa shape index (κ3) is 6.08. The number of benzene rings is 1. The van der Waals surface area contributed by atoms with Crippen LogP contribution in [0.5, 0.6) is 0 Å². The lowest BCUT2D eigenvalue weighted by Gasteiger charge is -2.28. The van der Waals surface area contributed by atoms with Crippen molar-refractivity contribution < 1.29 is 18.7 Å². The Morgan fingerprint density at radius 1 is 1.17 bits per heavy atom. The highest BCUT2D eigenvalue weighted by Crippen LogP contribution is 2.17. The first-order valence-corrected chi connectivity index (χ1v) is 10.4. The highest BCUT2D eigenvalue weighted by atomic mass is 35.5. The van der Waals surface area contributed by atoms with Crippen molar-refractivity contribution in [2.75, 3.05) is 26.2 Å². The Morgan fingerprint density at radius 3 is 2.59 bits per heavy atom. The largest absolute Gasteiger partial charge is 0.467 e. The molecular formula is C22H27ClN2O4. The number of nitrogens with zero attached hydrogens (tertiary/aromatic N) is 2. The van der Waals surface area contributed by atoms with Crippen LogP contribution in [0.3, 0.4) is 0 Å². The molecule has 1 aliphatic rings. The number of hydrogen-bond acceptors (Lipinski definition) is 4. The topological polar surface area (TPSA) is 63.0 Å². The van der Waals surface area contributed by atoms with Gasteiger partial charge in [0.05, 0.1) is 18.9 Å². The van der Waals surface area contributed by atoms with Crippen LogP contribution in [0, 0.1) is 0 Å². The molecule has 29 heavy (non-hydrogen) atoms. The molecule has 0 radical (unpaired) electrons. The van der Waals surface area contributed by atoms with E-state index in [1.54, 1.807) is 46.4 Å². The van der Waals surface area contributed by atoms with Crippen LogP contribution in [0.15, 0.2) is 47.1 Å². The number of hydrogen-bond donors (Lipinski definition) is 0. The molecule has 2 aromatic rings. The van der Waals surface area contributed by atoms with Crippen molar-refractivity contribution in [3.8, 4) is 0 Å². The predicted molar refractivity (Wildman–Crippen MR) is 111 cm³/mol. The summed E-state index contributed by atoms with van der Waals surface area (Å²) in [6.07, 6.45) is 4.32. The van der Waals surface area contributed by atoms with E-state index in [0.717, 1.165) is 25.9 Å². The van der Waals surface area contributed by atoms with E-state index in [4.69, 9.17) is 20.8 Å². The van der Waals surface area contributed by atoms with Gasteiger partial charge in [-0.15, -0.1) is 0 Å². The first-order valence-electron chi connectivity index (χ1n) is 10.0. The van der Waals surface area contributed by atoms with E-state index in [1.165, 1.54) is 0 Å². The van der Waals surface area contributed by atoms with E-state index in [0.29, 0.717) is 36.0 Å². The third-order valence-electron chi connectivity index (χ3n) is 4.93. The molecule has 156 valence electrons. The van der Waals surface area contributed by atoms with Crippen molar-refractivity contribution >= 4 is 23.4 Å².